The van der Waals surface area contributed by atoms with E-state index in [0.29, 0.717) is 6.04 Å². The second-order valence-electron chi connectivity index (χ2n) is 4.71. The fourth-order valence-corrected chi connectivity index (χ4v) is 3.64. The van der Waals surface area contributed by atoms with Gasteiger partial charge in [0.25, 0.3) is 0 Å². The molecule has 19 heavy (non-hydrogen) atoms. The van der Waals surface area contributed by atoms with Gasteiger partial charge in [0.15, 0.2) is 0 Å². The molecule has 3 heteroatoms. The first kappa shape index (κ1) is 14.6. The quantitative estimate of drug-likeness (QED) is 0.760. The maximum Gasteiger partial charge on any atom is 0.0202 e. The lowest BCUT2D eigenvalue weighted by Gasteiger charge is -2.17. The van der Waals surface area contributed by atoms with E-state index in [0.717, 1.165) is 18.7 Å². The zero-order valence-electron chi connectivity index (χ0n) is 11.6. The summed E-state index contributed by atoms with van der Waals surface area (Å²) in [4.78, 5) is 1.36. The van der Waals surface area contributed by atoms with Crippen molar-refractivity contribution < 1.29 is 0 Å². The van der Waals surface area contributed by atoms with Crippen LogP contribution in [0.3, 0.4) is 0 Å². The first-order chi connectivity index (χ1) is 9.28. The molecule has 1 heterocycles. The van der Waals surface area contributed by atoms with Gasteiger partial charge < -0.3 is 5.32 Å². The topological polar surface area (TPSA) is 12.0 Å². The predicted octanol–water partition coefficient (Wildman–Crippen LogP) is 4.37. The Balaban J connectivity index is 1.87. The maximum atomic E-state index is 3.59. The van der Waals surface area contributed by atoms with Crippen molar-refractivity contribution in [3.05, 3.63) is 52.2 Å². The molecule has 1 aromatic carbocycles. The lowest BCUT2D eigenvalue weighted by molar-refractivity contribution is 0.573. The summed E-state index contributed by atoms with van der Waals surface area (Å²) in [6.07, 6.45) is 1.12. The molecule has 0 aliphatic carbocycles. The molecule has 0 aliphatic rings. The summed E-state index contributed by atoms with van der Waals surface area (Å²) in [5, 5.41) is 8.00. The van der Waals surface area contributed by atoms with Crippen molar-refractivity contribution in [2.24, 2.45) is 0 Å². The number of hydrogen-bond donors (Lipinski definition) is 1. The van der Waals surface area contributed by atoms with Crippen LogP contribution in [0.1, 0.15) is 18.1 Å². The van der Waals surface area contributed by atoms with Crippen LogP contribution < -0.4 is 5.32 Å². The van der Waals surface area contributed by atoms with Gasteiger partial charge in [-0.25, -0.2) is 0 Å². The molecule has 0 spiro atoms. The SMILES string of the molecule is CCNC(CSc1ccc(C)cc1)Cc1ccsc1. The zero-order chi connectivity index (χ0) is 13.5. The molecule has 0 radical (unpaired) electrons. The molecule has 0 amide bonds. The summed E-state index contributed by atoms with van der Waals surface area (Å²) < 4.78 is 0. The van der Waals surface area contributed by atoms with E-state index in [1.807, 2.05) is 11.8 Å². The predicted molar refractivity (Wildman–Crippen MR) is 87.4 cm³/mol. The molecule has 1 N–H and O–H groups in total. The van der Waals surface area contributed by atoms with Gasteiger partial charge in [-0.15, -0.1) is 11.8 Å². The van der Waals surface area contributed by atoms with E-state index in [-0.39, 0.29) is 0 Å². The molecular formula is C16H21NS2. The van der Waals surface area contributed by atoms with Crippen LogP contribution in [0.15, 0.2) is 46.0 Å². The van der Waals surface area contributed by atoms with E-state index in [2.05, 4.69) is 60.3 Å². The van der Waals surface area contributed by atoms with Crippen molar-refractivity contribution >= 4 is 23.1 Å². The van der Waals surface area contributed by atoms with Gasteiger partial charge >= 0.3 is 0 Å². The smallest absolute Gasteiger partial charge is 0.0202 e. The van der Waals surface area contributed by atoms with Crippen molar-refractivity contribution in [1.82, 2.24) is 5.32 Å². The number of rotatable bonds is 7. The molecule has 2 aromatic rings. The number of nitrogens with one attached hydrogen (secondary N) is 1. The van der Waals surface area contributed by atoms with Gasteiger partial charge in [-0.1, -0.05) is 24.6 Å². The van der Waals surface area contributed by atoms with Crippen molar-refractivity contribution in [2.45, 2.75) is 31.2 Å². The summed E-state index contributed by atoms with van der Waals surface area (Å²) in [6.45, 7) is 5.34. The van der Waals surface area contributed by atoms with Crippen LogP contribution in [0, 0.1) is 6.92 Å². The van der Waals surface area contributed by atoms with Gasteiger partial charge in [-0.05, 0) is 54.4 Å². The van der Waals surface area contributed by atoms with E-state index in [4.69, 9.17) is 0 Å². The molecule has 0 fully saturated rings. The fourth-order valence-electron chi connectivity index (χ4n) is 2.00. The highest BCUT2D eigenvalue weighted by atomic mass is 32.2. The fraction of sp³-hybridized carbons (Fsp3) is 0.375. The van der Waals surface area contributed by atoms with Crippen LogP contribution in [0.25, 0.3) is 0 Å². The van der Waals surface area contributed by atoms with E-state index >= 15 is 0 Å². The molecule has 102 valence electrons. The van der Waals surface area contributed by atoms with Gasteiger partial charge in [-0.2, -0.15) is 11.3 Å². The van der Waals surface area contributed by atoms with E-state index < -0.39 is 0 Å². The minimum Gasteiger partial charge on any atom is -0.313 e. The van der Waals surface area contributed by atoms with E-state index in [1.165, 1.54) is 16.0 Å². The minimum atomic E-state index is 0.547. The number of likely N-dealkylation sites (N-methyl/N-ethyl adjacent to an activating group) is 1. The van der Waals surface area contributed by atoms with Crippen molar-refractivity contribution in [3.8, 4) is 0 Å². The van der Waals surface area contributed by atoms with Gasteiger partial charge in [-0.3, -0.25) is 0 Å². The van der Waals surface area contributed by atoms with Crippen molar-refractivity contribution in [1.29, 1.82) is 0 Å². The normalized spacial score (nSPS) is 12.5. The zero-order valence-corrected chi connectivity index (χ0v) is 13.2. The van der Waals surface area contributed by atoms with Crippen molar-refractivity contribution in [3.63, 3.8) is 0 Å². The monoisotopic (exact) mass is 291 g/mol. The Morgan fingerprint density at radius 3 is 2.63 bits per heavy atom. The lowest BCUT2D eigenvalue weighted by atomic mass is 10.1. The highest BCUT2D eigenvalue weighted by molar-refractivity contribution is 7.99. The third-order valence-corrected chi connectivity index (χ3v) is 4.93. The molecule has 0 saturated heterocycles. The molecule has 1 unspecified atom stereocenters. The number of thiophene rings is 1. The summed E-state index contributed by atoms with van der Waals surface area (Å²) in [5.41, 5.74) is 2.77. The Morgan fingerprint density at radius 1 is 1.21 bits per heavy atom. The lowest BCUT2D eigenvalue weighted by Crippen LogP contribution is -2.33. The molecular weight excluding hydrogens is 270 g/mol. The Kier molecular flexibility index (Phi) is 5.95. The Bertz CT molecular complexity index is 462. The molecule has 0 aliphatic heterocycles. The highest BCUT2D eigenvalue weighted by Crippen LogP contribution is 2.20. The van der Waals surface area contributed by atoms with Crippen molar-refractivity contribution in [2.75, 3.05) is 12.3 Å². The second-order valence-corrected chi connectivity index (χ2v) is 6.59. The average molecular weight is 291 g/mol. The minimum absolute atomic E-state index is 0.547. The van der Waals surface area contributed by atoms with Gasteiger partial charge in [0, 0.05) is 16.7 Å². The molecule has 1 nitrogen and oxygen atoms in total. The molecule has 2 rings (SSSR count). The molecule has 0 bridgehead atoms. The number of aryl methyl sites for hydroxylation is 1. The van der Waals surface area contributed by atoms with Gasteiger partial charge in [0.05, 0.1) is 0 Å². The Labute approximate surface area is 124 Å². The molecule has 1 atom stereocenters. The van der Waals surface area contributed by atoms with E-state index in [1.54, 1.807) is 11.3 Å². The third kappa shape index (κ3) is 5.01. The van der Waals surface area contributed by atoms with Gasteiger partial charge in [0.2, 0.25) is 0 Å². The van der Waals surface area contributed by atoms with Crippen LogP contribution in [0.4, 0.5) is 0 Å². The summed E-state index contributed by atoms with van der Waals surface area (Å²) in [7, 11) is 0. The van der Waals surface area contributed by atoms with E-state index in [9.17, 15) is 0 Å². The Hall–Kier alpha value is -0.770. The second kappa shape index (κ2) is 7.73. The summed E-state index contributed by atoms with van der Waals surface area (Å²) in [6, 6.07) is 11.6. The van der Waals surface area contributed by atoms with Crippen LogP contribution in [0.5, 0.6) is 0 Å². The Morgan fingerprint density at radius 2 is 2.00 bits per heavy atom. The first-order valence-electron chi connectivity index (χ1n) is 6.72. The van der Waals surface area contributed by atoms with Crippen LogP contribution in [-0.4, -0.2) is 18.3 Å². The molecule has 1 aromatic heterocycles. The number of hydrogen-bond acceptors (Lipinski definition) is 3. The number of thioether (sulfide) groups is 1. The third-order valence-electron chi connectivity index (χ3n) is 3.03. The average Bonchev–Trinajstić information content (AvgIpc) is 2.91. The highest BCUT2D eigenvalue weighted by Gasteiger charge is 2.09. The largest absolute Gasteiger partial charge is 0.313 e. The van der Waals surface area contributed by atoms with Gasteiger partial charge in [0.1, 0.15) is 0 Å². The maximum absolute atomic E-state index is 3.59. The van der Waals surface area contributed by atoms with Crippen LogP contribution in [-0.2, 0) is 6.42 Å². The van der Waals surface area contributed by atoms with Crippen LogP contribution in [0.2, 0.25) is 0 Å². The molecule has 0 saturated carbocycles. The number of benzene rings is 1. The standard InChI is InChI=1S/C16H21NS2/c1-3-17-15(10-14-8-9-18-11-14)12-19-16-6-4-13(2)5-7-16/h4-9,11,15,17H,3,10,12H2,1-2H3. The summed E-state index contributed by atoms with van der Waals surface area (Å²) >= 11 is 3.72. The summed E-state index contributed by atoms with van der Waals surface area (Å²) in [5.74, 6) is 1.12. The van der Waals surface area contributed by atoms with Crippen LogP contribution >= 0.6 is 23.1 Å². The first-order valence-corrected chi connectivity index (χ1v) is 8.64.